The Bertz CT molecular complexity index is 1440. The van der Waals surface area contributed by atoms with Crippen molar-refractivity contribution in [3.63, 3.8) is 0 Å². The van der Waals surface area contributed by atoms with E-state index < -0.39 is 29.9 Å². The Labute approximate surface area is 243 Å². The lowest BCUT2D eigenvalue weighted by Crippen LogP contribution is -2.55. The largest absolute Gasteiger partial charge is 0.443 e. The minimum atomic E-state index is -0.951. The van der Waals surface area contributed by atoms with E-state index in [9.17, 15) is 19.2 Å². The number of aryl methyl sites for hydroxylation is 1. The number of carbonyl (C=O) groups excluding carboxylic acids is 4. The quantitative estimate of drug-likeness (QED) is 0.316. The molecular formula is C30H38N6O6. The minimum Gasteiger partial charge on any atom is -0.443 e. The van der Waals surface area contributed by atoms with Crippen molar-refractivity contribution in [1.82, 2.24) is 31.2 Å². The number of amides is 4. The van der Waals surface area contributed by atoms with Gasteiger partial charge in [-0.05, 0) is 57.6 Å². The van der Waals surface area contributed by atoms with Crippen molar-refractivity contribution in [1.29, 1.82) is 0 Å². The highest BCUT2D eigenvalue weighted by atomic mass is 16.5. The Morgan fingerprint density at radius 1 is 1.05 bits per heavy atom. The van der Waals surface area contributed by atoms with Gasteiger partial charge in [0.15, 0.2) is 5.69 Å². The molecule has 3 atom stereocenters. The summed E-state index contributed by atoms with van der Waals surface area (Å²) < 4.78 is 11.1. The van der Waals surface area contributed by atoms with Crippen molar-refractivity contribution < 1.29 is 28.3 Å². The lowest BCUT2D eigenvalue weighted by atomic mass is 9.98. The van der Waals surface area contributed by atoms with E-state index in [2.05, 4.69) is 31.2 Å². The number of aromatic amines is 1. The topological polar surface area (TPSA) is 167 Å². The van der Waals surface area contributed by atoms with Gasteiger partial charge in [0.05, 0.1) is 0 Å². The second kappa shape index (κ2) is 13.2. The van der Waals surface area contributed by atoms with Gasteiger partial charge < -0.3 is 35.4 Å². The molecule has 4 amide bonds. The highest BCUT2D eigenvalue weighted by molar-refractivity contribution is 5.94. The molecule has 0 unspecified atom stereocenters. The van der Waals surface area contributed by atoms with E-state index in [-0.39, 0.29) is 35.7 Å². The van der Waals surface area contributed by atoms with Gasteiger partial charge in [0.25, 0.3) is 5.91 Å². The molecular weight excluding hydrogens is 540 g/mol. The number of rotatable bonds is 4. The van der Waals surface area contributed by atoms with E-state index in [1.54, 1.807) is 13.8 Å². The summed E-state index contributed by atoms with van der Waals surface area (Å²) in [6, 6.07) is 5.28. The van der Waals surface area contributed by atoms with Crippen LogP contribution in [0.3, 0.4) is 0 Å². The zero-order chi connectivity index (χ0) is 29.6. The Hall–Kier alpha value is -4.19. The Morgan fingerprint density at radius 2 is 1.83 bits per heavy atom. The maximum atomic E-state index is 13.7. The Morgan fingerprint density at radius 3 is 2.64 bits per heavy atom. The first-order chi connectivity index (χ1) is 20.3. The van der Waals surface area contributed by atoms with Crippen LogP contribution in [0.4, 0.5) is 0 Å². The number of fused-ring (bicyclic) bond motifs is 3. The van der Waals surface area contributed by atoms with E-state index in [1.165, 1.54) is 0 Å². The van der Waals surface area contributed by atoms with Gasteiger partial charge in [-0.2, -0.15) is 0 Å². The van der Waals surface area contributed by atoms with Gasteiger partial charge in [-0.3, -0.25) is 19.2 Å². The summed E-state index contributed by atoms with van der Waals surface area (Å²) in [5, 5.41) is 12.5. The van der Waals surface area contributed by atoms with E-state index in [0.29, 0.717) is 57.6 Å². The lowest BCUT2D eigenvalue weighted by Gasteiger charge is -2.27. The molecule has 2 aromatic heterocycles. The smallest absolute Gasteiger partial charge is 0.273 e. The number of hydrogen-bond donors (Lipinski definition) is 5. The average molecular weight is 579 g/mol. The van der Waals surface area contributed by atoms with Gasteiger partial charge in [-0.1, -0.05) is 18.2 Å². The third-order valence-electron chi connectivity index (χ3n) is 7.92. The molecule has 42 heavy (non-hydrogen) atoms. The number of nitrogens with one attached hydrogen (secondary N) is 5. The predicted octanol–water partition coefficient (Wildman–Crippen LogP) is 2.19. The van der Waals surface area contributed by atoms with E-state index in [4.69, 9.17) is 9.15 Å². The van der Waals surface area contributed by atoms with Crippen LogP contribution in [0.15, 0.2) is 34.9 Å². The molecule has 0 saturated carbocycles. The molecule has 1 aromatic carbocycles. The zero-order valence-electron chi connectivity index (χ0n) is 24.0. The number of carbonyl (C=O) groups is 4. The first kappa shape index (κ1) is 29.3. The summed E-state index contributed by atoms with van der Waals surface area (Å²) in [5.41, 5.74) is 1.95. The van der Waals surface area contributed by atoms with Crippen LogP contribution in [-0.2, 0) is 25.5 Å². The van der Waals surface area contributed by atoms with Crippen molar-refractivity contribution in [2.45, 2.75) is 70.5 Å². The highest BCUT2D eigenvalue weighted by Crippen LogP contribution is 2.21. The molecule has 0 aliphatic carbocycles. The van der Waals surface area contributed by atoms with Crippen LogP contribution < -0.4 is 21.3 Å². The lowest BCUT2D eigenvalue weighted by molar-refractivity contribution is -0.134. The molecule has 2 aliphatic rings. The molecule has 5 N–H and O–H groups in total. The molecule has 224 valence electrons. The summed E-state index contributed by atoms with van der Waals surface area (Å²) in [4.78, 5) is 60.8. The standard InChI is InChI=1S/C30H38N6O6/c1-17-30-36-25(18(2)42-30)29(40)31-12-6-5-9-23(34-26(37)19-10-13-41-14-11-19)27(38)35-24(28(39)33-17)15-20-16-32-22-8-4-3-7-21(20)22/h3-4,7-8,16-17,19,23-24,32H,5-6,9-15H2,1-2H3,(H,31,40)(H,33,39)(H,34,37)(H,35,38)/t17-,23+,24-/m1/s1. The number of benzene rings is 1. The summed E-state index contributed by atoms with van der Waals surface area (Å²) in [6.07, 6.45) is 4.73. The van der Waals surface area contributed by atoms with Crippen LogP contribution >= 0.6 is 0 Å². The van der Waals surface area contributed by atoms with Gasteiger partial charge >= 0.3 is 0 Å². The Kier molecular flexibility index (Phi) is 9.21. The second-order valence-electron chi connectivity index (χ2n) is 11.0. The van der Waals surface area contributed by atoms with Crippen molar-refractivity contribution in [2.24, 2.45) is 5.92 Å². The summed E-state index contributed by atoms with van der Waals surface area (Å²) in [5.74, 6) is -1.12. The fraction of sp³-hybridized carbons (Fsp3) is 0.500. The number of H-pyrrole nitrogens is 1. The number of ether oxygens (including phenoxy) is 1. The number of hydrogen-bond acceptors (Lipinski definition) is 7. The molecule has 12 heteroatoms. The third kappa shape index (κ3) is 6.81. The van der Waals surface area contributed by atoms with Crippen LogP contribution in [-0.4, -0.2) is 65.4 Å². The Balaban J connectivity index is 1.42. The van der Waals surface area contributed by atoms with Gasteiger partial charge in [-0.15, -0.1) is 0 Å². The maximum Gasteiger partial charge on any atom is 0.273 e. The summed E-state index contributed by atoms with van der Waals surface area (Å²) in [7, 11) is 0. The number of aromatic nitrogens is 2. The van der Waals surface area contributed by atoms with Crippen LogP contribution in [0.5, 0.6) is 0 Å². The highest BCUT2D eigenvalue weighted by Gasteiger charge is 2.31. The predicted molar refractivity (Wildman–Crippen MR) is 153 cm³/mol. The molecule has 2 aliphatic heterocycles. The zero-order valence-corrected chi connectivity index (χ0v) is 24.0. The van der Waals surface area contributed by atoms with Crippen LogP contribution in [0.2, 0.25) is 0 Å². The average Bonchev–Trinajstić information content (AvgIpc) is 3.59. The third-order valence-corrected chi connectivity index (χ3v) is 7.92. The monoisotopic (exact) mass is 578 g/mol. The summed E-state index contributed by atoms with van der Waals surface area (Å²) >= 11 is 0. The van der Waals surface area contributed by atoms with Crippen molar-refractivity contribution in [3.8, 4) is 0 Å². The number of nitrogens with zero attached hydrogens (tertiary/aromatic N) is 1. The first-order valence-corrected chi connectivity index (χ1v) is 14.6. The fourth-order valence-electron chi connectivity index (χ4n) is 5.47. The molecule has 4 heterocycles. The molecule has 1 saturated heterocycles. The van der Waals surface area contributed by atoms with Gasteiger partial charge in [0, 0.05) is 49.2 Å². The van der Waals surface area contributed by atoms with Crippen LogP contribution in [0.25, 0.3) is 10.9 Å². The molecule has 2 bridgehead atoms. The van der Waals surface area contributed by atoms with Crippen LogP contribution in [0, 0.1) is 12.8 Å². The van der Waals surface area contributed by atoms with Crippen molar-refractivity contribution >= 4 is 34.5 Å². The number of oxazole rings is 1. The molecule has 1 fully saturated rings. The van der Waals surface area contributed by atoms with Gasteiger partial charge in [0.2, 0.25) is 23.6 Å². The molecule has 0 spiro atoms. The van der Waals surface area contributed by atoms with Gasteiger partial charge in [0.1, 0.15) is 23.9 Å². The van der Waals surface area contributed by atoms with E-state index in [1.807, 2.05) is 30.5 Å². The molecule has 5 rings (SSSR count). The second-order valence-corrected chi connectivity index (χ2v) is 11.0. The van der Waals surface area contributed by atoms with E-state index >= 15 is 0 Å². The molecule has 12 nitrogen and oxygen atoms in total. The SMILES string of the molecule is Cc1oc2nc1C(=O)NCCCC[C@H](NC(=O)C1CCOCC1)C(=O)N[C@H](Cc1c[nH]c3ccccc13)C(=O)N[C@@H]2C. The molecule has 0 radical (unpaired) electrons. The van der Waals surface area contributed by atoms with Crippen molar-refractivity contribution in [2.75, 3.05) is 19.8 Å². The first-order valence-electron chi connectivity index (χ1n) is 14.6. The maximum absolute atomic E-state index is 13.7. The molecule has 3 aromatic rings. The fourth-order valence-corrected chi connectivity index (χ4v) is 5.47. The normalized spacial score (nSPS) is 23.2. The minimum absolute atomic E-state index is 0.170. The summed E-state index contributed by atoms with van der Waals surface area (Å²) in [6.45, 7) is 4.74. The van der Waals surface area contributed by atoms with Gasteiger partial charge in [-0.25, -0.2) is 4.98 Å². The van der Waals surface area contributed by atoms with Crippen molar-refractivity contribution in [3.05, 3.63) is 53.4 Å². The van der Waals surface area contributed by atoms with Crippen LogP contribution in [0.1, 0.15) is 72.8 Å². The number of para-hydroxylation sites is 1. The van der Waals surface area contributed by atoms with E-state index in [0.717, 1.165) is 16.5 Å².